The van der Waals surface area contributed by atoms with E-state index in [1.165, 1.54) is 12.8 Å². The van der Waals surface area contributed by atoms with Crippen molar-refractivity contribution in [1.29, 1.82) is 0 Å². The van der Waals surface area contributed by atoms with Crippen molar-refractivity contribution in [2.24, 2.45) is 5.73 Å². The Labute approximate surface area is 138 Å². The van der Waals surface area contributed by atoms with Gasteiger partial charge in [0.1, 0.15) is 0 Å². The molecule has 122 valence electrons. The Kier molecular flexibility index (Phi) is 6.24. The van der Waals surface area contributed by atoms with Gasteiger partial charge < -0.3 is 15.4 Å². The predicted molar refractivity (Wildman–Crippen MR) is 89.2 cm³/mol. The molecule has 1 heterocycles. The Morgan fingerprint density at radius 1 is 1.27 bits per heavy atom. The van der Waals surface area contributed by atoms with Crippen LogP contribution >= 0.6 is 12.4 Å². The molecule has 5 heteroatoms. The minimum absolute atomic E-state index is 0. The number of carbonyl (C=O) groups excluding carboxylic acids is 1. The molecule has 1 saturated carbocycles. The predicted octanol–water partition coefficient (Wildman–Crippen LogP) is 2.32. The van der Waals surface area contributed by atoms with Gasteiger partial charge in [-0.05, 0) is 18.4 Å². The molecule has 1 amide bonds. The van der Waals surface area contributed by atoms with Gasteiger partial charge in [0.15, 0.2) is 0 Å². The summed E-state index contributed by atoms with van der Waals surface area (Å²) < 4.78 is 5.86. The molecule has 0 bridgehead atoms. The molecule has 4 nitrogen and oxygen atoms in total. The van der Waals surface area contributed by atoms with Crippen LogP contribution in [-0.4, -0.2) is 42.6 Å². The highest BCUT2D eigenvalue weighted by Gasteiger charge is 2.38. The number of nitrogens with two attached hydrogens (primary N) is 1. The zero-order valence-corrected chi connectivity index (χ0v) is 13.6. The van der Waals surface area contributed by atoms with Crippen LogP contribution < -0.4 is 5.73 Å². The number of carbonyl (C=O) groups is 1. The topological polar surface area (TPSA) is 55.6 Å². The number of rotatable bonds is 3. The van der Waals surface area contributed by atoms with E-state index in [1.54, 1.807) is 0 Å². The standard InChI is InChI=1S/C17H24N2O2.ClH/c18-12-14(13-6-2-1-3-7-13)17(20)19-10-11-21-16-9-5-4-8-15(16)19;/h1-3,6-7,14-16H,4-5,8-12,18H2;1H. The summed E-state index contributed by atoms with van der Waals surface area (Å²) in [6, 6.07) is 10.1. The lowest BCUT2D eigenvalue weighted by Gasteiger charge is -2.44. The zero-order chi connectivity index (χ0) is 14.7. The zero-order valence-electron chi connectivity index (χ0n) is 12.8. The SMILES string of the molecule is Cl.NCC(C(=O)N1CCOC2CCCCC21)c1ccccc1. The van der Waals surface area contributed by atoms with Crippen LogP contribution in [-0.2, 0) is 9.53 Å². The van der Waals surface area contributed by atoms with Gasteiger partial charge in [0.25, 0.3) is 0 Å². The average Bonchev–Trinajstić information content (AvgIpc) is 2.56. The van der Waals surface area contributed by atoms with E-state index < -0.39 is 0 Å². The number of benzene rings is 1. The Bertz CT molecular complexity index is 481. The van der Waals surface area contributed by atoms with E-state index in [0.717, 1.165) is 18.4 Å². The second-order valence-corrected chi connectivity index (χ2v) is 5.99. The smallest absolute Gasteiger partial charge is 0.231 e. The van der Waals surface area contributed by atoms with Crippen molar-refractivity contribution >= 4 is 18.3 Å². The first-order chi connectivity index (χ1) is 10.3. The van der Waals surface area contributed by atoms with Gasteiger partial charge in [-0.25, -0.2) is 0 Å². The molecule has 1 aromatic rings. The highest BCUT2D eigenvalue weighted by Crippen LogP contribution is 2.30. The number of ether oxygens (including phenoxy) is 1. The lowest BCUT2D eigenvalue weighted by Crippen LogP contribution is -2.56. The first kappa shape index (κ1) is 17.3. The lowest BCUT2D eigenvalue weighted by atomic mass is 9.88. The highest BCUT2D eigenvalue weighted by molar-refractivity contribution is 5.85. The second kappa shape index (κ2) is 7.95. The van der Waals surface area contributed by atoms with Gasteiger partial charge in [0, 0.05) is 13.1 Å². The molecule has 3 unspecified atom stereocenters. The largest absolute Gasteiger partial charge is 0.374 e. The van der Waals surface area contributed by atoms with Crippen LogP contribution in [0.3, 0.4) is 0 Å². The fraction of sp³-hybridized carbons (Fsp3) is 0.588. The number of halogens is 1. The quantitative estimate of drug-likeness (QED) is 0.928. The molecule has 0 aromatic heterocycles. The molecule has 1 aliphatic carbocycles. The van der Waals surface area contributed by atoms with E-state index >= 15 is 0 Å². The van der Waals surface area contributed by atoms with Gasteiger partial charge >= 0.3 is 0 Å². The van der Waals surface area contributed by atoms with E-state index in [-0.39, 0.29) is 36.4 Å². The van der Waals surface area contributed by atoms with E-state index in [1.807, 2.05) is 35.2 Å². The van der Waals surface area contributed by atoms with Crippen LogP contribution in [0.1, 0.15) is 37.2 Å². The van der Waals surface area contributed by atoms with E-state index in [4.69, 9.17) is 10.5 Å². The van der Waals surface area contributed by atoms with Crippen molar-refractivity contribution in [3.63, 3.8) is 0 Å². The maximum absolute atomic E-state index is 13.0. The first-order valence-electron chi connectivity index (χ1n) is 7.98. The molecular weight excluding hydrogens is 300 g/mol. The first-order valence-corrected chi connectivity index (χ1v) is 7.98. The van der Waals surface area contributed by atoms with Crippen molar-refractivity contribution in [2.45, 2.75) is 43.7 Å². The summed E-state index contributed by atoms with van der Waals surface area (Å²) in [6.45, 7) is 1.71. The average molecular weight is 325 g/mol. The maximum atomic E-state index is 13.0. The number of hydrogen-bond donors (Lipinski definition) is 1. The minimum Gasteiger partial charge on any atom is -0.374 e. The molecule has 22 heavy (non-hydrogen) atoms. The number of fused-ring (bicyclic) bond motifs is 1. The van der Waals surface area contributed by atoms with Crippen LogP contribution in [0.2, 0.25) is 0 Å². The van der Waals surface area contributed by atoms with Crippen molar-refractivity contribution in [2.75, 3.05) is 19.7 Å². The molecule has 1 aromatic carbocycles. The minimum atomic E-state index is -0.230. The lowest BCUT2D eigenvalue weighted by molar-refractivity contribution is -0.150. The summed E-state index contributed by atoms with van der Waals surface area (Å²) >= 11 is 0. The van der Waals surface area contributed by atoms with Gasteiger partial charge in [0.05, 0.1) is 24.7 Å². The molecule has 2 N–H and O–H groups in total. The molecular formula is C17H25ClN2O2. The van der Waals surface area contributed by atoms with Crippen LogP contribution in [0, 0.1) is 0 Å². The van der Waals surface area contributed by atoms with Crippen molar-refractivity contribution in [3.8, 4) is 0 Å². The van der Waals surface area contributed by atoms with Crippen LogP contribution in [0.5, 0.6) is 0 Å². The van der Waals surface area contributed by atoms with Gasteiger partial charge in [-0.15, -0.1) is 12.4 Å². The van der Waals surface area contributed by atoms with Crippen LogP contribution in [0.4, 0.5) is 0 Å². The summed E-state index contributed by atoms with van der Waals surface area (Å²) in [5, 5.41) is 0. The van der Waals surface area contributed by atoms with Gasteiger partial charge in [-0.2, -0.15) is 0 Å². The van der Waals surface area contributed by atoms with Gasteiger partial charge in [-0.1, -0.05) is 43.2 Å². The van der Waals surface area contributed by atoms with Crippen LogP contribution in [0.25, 0.3) is 0 Å². The van der Waals surface area contributed by atoms with Gasteiger partial charge in [-0.3, -0.25) is 4.79 Å². The van der Waals surface area contributed by atoms with Crippen LogP contribution in [0.15, 0.2) is 30.3 Å². The fourth-order valence-electron chi connectivity index (χ4n) is 3.64. The third kappa shape index (κ3) is 3.45. The Balaban J connectivity index is 0.00000176. The molecule has 1 saturated heterocycles. The Morgan fingerprint density at radius 3 is 2.73 bits per heavy atom. The monoisotopic (exact) mass is 324 g/mol. The van der Waals surface area contributed by atoms with E-state index in [9.17, 15) is 4.79 Å². The number of morpholine rings is 1. The van der Waals surface area contributed by atoms with E-state index in [0.29, 0.717) is 19.7 Å². The van der Waals surface area contributed by atoms with E-state index in [2.05, 4.69) is 0 Å². The number of nitrogens with zero attached hydrogens (tertiary/aromatic N) is 1. The molecule has 1 aliphatic heterocycles. The second-order valence-electron chi connectivity index (χ2n) is 5.99. The Morgan fingerprint density at radius 2 is 2.00 bits per heavy atom. The molecule has 0 spiro atoms. The van der Waals surface area contributed by atoms with Crippen molar-refractivity contribution < 1.29 is 9.53 Å². The maximum Gasteiger partial charge on any atom is 0.231 e. The molecule has 3 atom stereocenters. The highest BCUT2D eigenvalue weighted by atomic mass is 35.5. The summed E-state index contributed by atoms with van der Waals surface area (Å²) in [6.07, 6.45) is 4.76. The molecule has 3 rings (SSSR count). The third-order valence-electron chi connectivity index (χ3n) is 4.75. The molecule has 2 fully saturated rings. The normalized spacial score (nSPS) is 25.8. The van der Waals surface area contributed by atoms with Gasteiger partial charge in [0.2, 0.25) is 5.91 Å². The molecule has 2 aliphatic rings. The molecule has 0 radical (unpaired) electrons. The van der Waals surface area contributed by atoms with Crippen molar-refractivity contribution in [1.82, 2.24) is 4.90 Å². The number of hydrogen-bond acceptors (Lipinski definition) is 3. The summed E-state index contributed by atoms with van der Waals surface area (Å²) in [5.41, 5.74) is 6.92. The summed E-state index contributed by atoms with van der Waals surface area (Å²) in [7, 11) is 0. The summed E-state index contributed by atoms with van der Waals surface area (Å²) in [4.78, 5) is 15.0. The number of amides is 1. The Hall–Kier alpha value is -1.10. The third-order valence-corrected chi connectivity index (χ3v) is 4.75. The fourth-order valence-corrected chi connectivity index (χ4v) is 3.64. The summed E-state index contributed by atoms with van der Waals surface area (Å²) in [5.74, 6) is -0.0595. The van der Waals surface area contributed by atoms with Crippen molar-refractivity contribution in [3.05, 3.63) is 35.9 Å².